The number of benzene rings is 1. The van der Waals surface area contributed by atoms with Crippen molar-refractivity contribution in [3.8, 4) is 0 Å². The Kier molecular flexibility index (Phi) is 27.5. The number of rotatable bonds is 16. The average molecular weight is 547 g/mol. The first kappa shape index (κ1) is 39.1. The van der Waals surface area contributed by atoms with E-state index < -0.39 is 0 Å². The van der Waals surface area contributed by atoms with Crippen LogP contribution in [0.4, 0.5) is 0 Å². The monoisotopic (exact) mass is 546 g/mol. The van der Waals surface area contributed by atoms with Gasteiger partial charge in [-0.2, -0.15) is 0 Å². The Labute approximate surface area is 239 Å². The summed E-state index contributed by atoms with van der Waals surface area (Å²) in [5.41, 5.74) is 4.57. The van der Waals surface area contributed by atoms with Crippen molar-refractivity contribution in [2.75, 3.05) is 27.4 Å². The molecular formula is C34H58O5. The molecule has 0 aliphatic heterocycles. The summed E-state index contributed by atoms with van der Waals surface area (Å²) in [5.74, 6) is 2.42. The number of aliphatic hydroxyl groups excluding tert-OH is 2. The van der Waals surface area contributed by atoms with Crippen LogP contribution in [0.25, 0.3) is 0 Å². The van der Waals surface area contributed by atoms with E-state index in [2.05, 4.69) is 51.3 Å². The number of allylic oxidation sites excluding steroid dienone is 1. The van der Waals surface area contributed by atoms with E-state index in [1.807, 2.05) is 13.9 Å². The van der Waals surface area contributed by atoms with Crippen molar-refractivity contribution in [2.45, 2.75) is 97.3 Å². The molecule has 0 aromatic heterocycles. The number of ether oxygens (including phenoxy) is 1. The Bertz CT molecular complexity index is 720. The molecule has 2 rings (SSSR count). The van der Waals surface area contributed by atoms with Gasteiger partial charge in [0, 0.05) is 26.4 Å². The summed E-state index contributed by atoms with van der Waals surface area (Å²) in [6.07, 6.45) is 17.9. The van der Waals surface area contributed by atoms with Gasteiger partial charge >= 0.3 is 0 Å². The fourth-order valence-electron chi connectivity index (χ4n) is 5.18. The lowest BCUT2D eigenvalue weighted by Crippen LogP contribution is -2.25. The van der Waals surface area contributed by atoms with Crippen molar-refractivity contribution in [3.63, 3.8) is 0 Å². The molecule has 1 aliphatic carbocycles. The zero-order chi connectivity index (χ0) is 29.9. The molecule has 0 heterocycles. The lowest BCUT2D eigenvalue weighted by Gasteiger charge is -2.34. The van der Waals surface area contributed by atoms with Crippen LogP contribution in [0.15, 0.2) is 48.6 Å². The maximum Gasteiger partial charge on any atom is 0.147 e. The van der Waals surface area contributed by atoms with E-state index in [1.54, 1.807) is 0 Å². The highest BCUT2D eigenvalue weighted by atomic mass is 16.5. The molecule has 2 N–H and O–H groups in total. The maximum absolute atomic E-state index is 9.48. The van der Waals surface area contributed by atoms with E-state index >= 15 is 0 Å². The third-order valence-electron chi connectivity index (χ3n) is 7.35. The molecule has 1 fully saturated rings. The van der Waals surface area contributed by atoms with Crippen LogP contribution in [0.2, 0.25) is 0 Å². The number of methoxy groups -OCH3 is 1. The number of hydrogen-bond acceptors (Lipinski definition) is 5. The Morgan fingerprint density at radius 1 is 0.974 bits per heavy atom. The summed E-state index contributed by atoms with van der Waals surface area (Å²) in [5, 5.41) is 15.0. The highest BCUT2D eigenvalue weighted by Crippen LogP contribution is 2.37. The van der Waals surface area contributed by atoms with Gasteiger partial charge in [0.15, 0.2) is 0 Å². The normalized spacial score (nSPS) is 16.7. The molecule has 1 aromatic carbocycles. The Balaban J connectivity index is 0. The van der Waals surface area contributed by atoms with Crippen LogP contribution in [-0.2, 0) is 27.2 Å². The van der Waals surface area contributed by atoms with Crippen molar-refractivity contribution >= 4 is 13.1 Å². The minimum absolute atomic E-state index is 0.218. The topological polar surface area (TPSA) is 83.8 Å². The largest absolute Gasteiger partial charge is 0.400 e. The van der Waals surface area contributed by atoms with Gasteiger partial charge in [-0.25, -0.2) is 0 Å². The molecule has 0 radical (unpaired) electrons. The van der Waals surface area contributed by atoms with E-state index in [1.165, 1.54) is 93.7 Å². The zero-order valence-corrected chi connectivity index (χ0v) is 25.5. The molecule has 1 atom stereocenters. The summed E-state index contributed by atoms with van der Waals surface area (Å²) >= 11 is 0. The molecule has 0 amide bonds. The van der Waals surface area contributed by atoms with Crippen molar-refractivity contribution in [1.82, 2.24) is 0 Å². The first-order valence-electron chi connectivity index (χ1n) is 14.6. The second kappa shape index (κ2) is 27.5. The summed E-state index contributed by atoms with van der Waals surface area (Å²) in [4.78, 5) is 17.5. The molecule has 5 heteroatoms. The molecule has 0 spiro atoms. The second-order valence-corrected chi connectivity index (χ2v) is 10.6. The highest BCUT2D eigenvalue weighted by Gasteiger charge is 2.27. The average Bonchev–Trinajstić information content (AvgIpc) is 2.98. The van der Waals surface area contributed by atoms with Gasteiger partial charge in [0.25, 0.3) is 0 Å². The van der Waals surface area contributed by atoms with Crippen LogP contribution in [-0.4, -0.2) is 50.7 Å². The van der Waals surface area contributed by atoms with Crippen molar-refractivity contribution < 1.29 is 24.5 Å². The molecule has 0 bridgehead atoms. The van der Waals surface area contributed by atoms with Gasteiger partial charge in [-0.1, -0.05) is 81.9 Å². The first-order chi connectivity index (χ1) is 18.9. The quantitative estimate of drug-likeness (QED) is 0.0982. The number of carbonyl (C=O) groups excluding carboxylic acids is 2. The molecule has 1 aliphatic rings. The predicted octanol–water partition coefficient (Wildman–Crippen LogP) is 7.32. The van der Waals surface area contributed by atoms with E-state index in [-0.39, 0.29) is 12.2 Å². The summed E-state index contributed by atoms with van der Waals surface area (Å²) < 4.78 is 5.50. The van der Waals surface area contributed by atoms with Gasteiger partial charge in [0.05, 0.1) is 6.61 Å². The van der Waals surface area contributed by atoms with Crippen LogP contribution in [0.5, 0.6) is 0 Å². The number of unbranched alkanes of at least 4 members (excludes halogenated alkanes) is 4. The van der Waals surface area contributed by atoms with Gasteiger partial charge in [-0.15, -0.1) is 6.58 Å². The number of aliphatic hydroxyl groups is 2. The van der Waals surface area contributed by atoms with Gasteiger partial charge < -0.3 is 19.7 Å². The van der Waals surface area contributed by atoms with Gasteiger partial charge in [0.2, 0.25) is 0 Å². The van der Waals surface area contributed by atoms with Gasteiger partial charge in [-0.05, 0) is 80.8 Å². The standard InChI is InChI=1S/C28H46O.C4H6O2.CH4O.CH2O/c1-5-6-7-8-9-10-24-11-13-25(14-12-24)15-16-26-17-19-27(20-18-26)28(22-29-4)21-23(2)3;1-4(2-5)3-6;2*1-2/h11-14,26-28H,2,5-10,15-22H2,1,3-4H3;2,6H,1,3H2;2H,1H3;1H2. The van der Waals surface area contributed by atoms with Gasteiger partial charge in [-0.3, -0.25) is 4.79 Å². The minimum atomic E-state index is -0.233. The van der Waals surface area contributed by atoms with Crippen molar-refractivity contribution in [3.05, 3.63) is 59.7 Å². The summed E-state index contributed by atoms with van der Waals surface area (Å²) in [7, 11) is 2.84. The molecule has 1 aromatic rings. The van der Waals surface area contributed by atoms with E-state index in [0.29, 0.717) is 12.2 Å². The molecule has 224 valence electrons. The zero-order valence-electron chi connectivity index (χ0n) is 25.5. The van der Waals surface area contributed by atoms with E-state index in [9.17, 15) is 4.79 Å². The third-order valence-corrected chi connectivity index (χ3v) is 7.35. The highest BCUT2D eigenvalue weighted by molar-refractivity contribution is 5.72. The number of aryl methyl sites for hydroxylation is 2. The number of hydrogen-bond donors (Lipinski definition) is 2. The van der Waals surface area contributed by atoms with Crippen LogP contribution in [0.3, 0.4) is 0 Å². The number of carbonyl (C=O) groups is 2. The van der Waals surface area contributed by atoms with Crippen molar-refractivity contribution in [1.29, 1.82) is 0 Å². The molecule has 0 saturated heterocycles. The SMILES string of the molecule is C=C(C)CC(COC)C1CCC(CCc2ccc(CCCCCCC)cc2)CC1.C=C(C=O)CO.C=O.CO. The van der Waals surface area contributed by atoms with Gasteiger partial charge in [0.1, 0.15) is 13.1 Å². The molecule has 1 saturated carbocycles. The number of aldehydes is 1. The Morgan fingerprint density at radius 3 is 1.95 bits per heavy atom. The predicted molar refractivity (Wildman–Crippen MR) is 165 cm³/mol. The van der Waals surface area contributed by atoms with Crippen LogP contribution in [0.1, 0.15) is 95.6 Å². The summed E-state index contributed by atoms with van der Waals surface area (Å²) in [6.45, 7) is 14.4. The maximum atomic E-state index is 9.48. The lowest BCUT2D eigenvalue weighted by molar-refractivity contribution is -0.105. The lowest BCUT2D eigenvalue weighted by atomic mass is 9.73. The molecular weight excluding hydrogens is 488 g/mol. The van der Waals surface area contributed by atoms with Crippen molar-refractivity contribution in [2.24, 2.45) is 17.8 Å². The van der Waals surface area contributed by atoms with E-state index in [0.717, 1.165) is 32.0 Å². The van der Waals surface area contributed by atoms with Crippen LogP contribution < -0.4 is 0 Å². The van der Waals surface area contributed by atoms with Crippen LogP contribution >= 0.6 is 0 Å². The Morgan fingerprint density at radius 2 is 1.51 bits per heavy atom. The fraction of sp³-hybridized carbons (Fsp3) is 0.647. The minimum Gasteiger partial charge on any atom is -0.400 e. The van der Waals surface area contributed by atoms with Crippen LogP contribution in [0, 0.1) is 17.8 Å². The first-order valence-corrected chi connectivity index (χ1v) is 14.6. The third kappa shape index (κ3) is 20.5. The second-order valence-electron chi connectivity index (χ2n) is 10.6. The Hall–Kier alpha value is -2.08. The molecule has 1 unspecified atom stereocenters. The fourth-order valence-corrected chi connectivity index (χ4v) is 5.18. The molecule has 39 heavy (non-hydrogen) atoms. The molecule has 5 nitrogen and oxygen atoms in total. The van der Waals surface area contributed by atoms with E-state index in [4.69, 9.17) is 19.7 Å². The summed E-state index contributed by atoms with van der Waals surface area (Å²) in [6, 6.07) is 9.51. The smallest absolute Gasteiger partial charge is 0.147 e.